The molecule has 1 unspecified atom stereocenters. The topological polar surface area (TPSA) is 77.1 Å². The summed E-state index contributed by atoms with van der Waals surface area (Å²) in [7, 11) is 0. The second-order valence-electron chi connectivity index (χ2n) is 6.86. The van der Waals surface area contributed by atoms with E-state index in [1.165, 1.54) is 0 Å². The average Bonchev–Trinajstić information content (AvgIpc) is 3.27. The van der Waals surface area contributed by atoms with E-state index < -0.39 is 0 Å². The van der Waals surface area contributed by atoms with Crippen LogP contribution in [0.3, 0.4) is 0 Å². The quantitative estimate of drug-likeness (QED) is 0.765. The van der Waals surface area contributed by atoms with Crippen molar-refractivity contribution in [3.05, 3.63) is 70.9 Å². The number of benzene rings is 1. The van der Waals surface area contributed by atoms with Crippen LogP contribution in [0.25, 0.3) is 5.69 Å². The molecule has 1 aliphatic carbocycles. The molecule has 1 aromatic carbocycles. The maximum atomic E-state index is 12.9. The molecule has 0 spiro atoms. The molecule has 0 radical (unpaired) electrons. The third-order valence-corrected chi connectivity index (χ3v) is 4.94. The normalized spacial score (nSPS) is 14.7. The molecule has 2 heterocycles. The van der Waals surface area contributed by atoms with Crippen LogP contribution in [-0.2, 0) is 6.42 Å². The summed E-state index contributed by atoms with van der Waals surface area (Å²) >= 11 is 0. The van der Waals surface area contributed by atoms with E-state index in [-0.39, 0.29) is 17.7 Å². The van der Waals surface area contributed by atoms with Crippen LogP contribution in [-0.4, -0.2) is 21.5 Å². The maximum absolute atomic E-state index is 12.9. The number of aromatic nitrogens is 2. The van der Waals surface area contributed by atoms with Crippen molar-refractivity contribution in [2.45, 2.75) is 39.2 Å². The Morgan fingerprint density at radius 2 is 2.04 bits per heavy atom. The number of hydrogen-bond acceptors (Lipinski definition) is 4. The maximum Gasteiger partial charge on any atom is 0.256 e. The molecule has 0 bridgehead atoms. The van der Waals surface area contributed by atoms with Gasteiger partial charge < -0.3 is 9.73 Å². The van der Waals surface area contributed by atoms with Crippen LogP contribution in [0.1, 0.15) is 63.6 Å². The Bertz CT molecular complexity index is 1000. The molecule has 6 heteroatoms. The van der Waals surface area contributed by atoms with Gasteiger partial charge in [0.2, 0.25) is 0 Å². The van der Waals surface area contributed by atoms with E-state index >= 15 is 0 Å². The van der Waals surface area contributed by atoms with Gasteiger partial charge in [0.05, 0.1) is 29.1 Å². The predicted molar refractivity (Wildman–Crippen MR) is 100 cm³/mol. The number of carbonyl (C=O) groups is 2. The van der Waals surface area contributed by atoms with Crippen LogP contribution in [0.5, 0.6) is 0 Å². The number of rotatable bonds is 4. The minimum absolute atomic E-state index is 0.0113. The van der Waals surface area contributed by atoms with Gasteiger partial charge in [0.1, 0.15) is 11.5 Å². The Labute approximate surface area is 157 Å². The zero-order valence-electron chi connectivity index (χ0n) is 15.4. The zero-order chi connectivity index (χ0) is 19.0. The summed E-state index contributed by atoms with van der Waals surface area (Å²) in [5, 5.41) is 7.34. The van der Waals surface area contributed by atoms with Gasteiger partial charge in [-0.1, -0.05) is 18.2 Å². The summed E-state index contributed by atoms with van der Waals surface area (Å²) in [5.41, 5.74) is 2.67. The van der Waals surface area contributed by atoms with Crippen molar-refractivity contribution < 1.29 is 14.0 Å². The predicted octanol–water partition coefficient (Wildman–Crippen LogP) is 3.78. The molecule has 1 N–H and O–H groups in total. The van der Waals surface area contributed by atoms with Crippen molar-refractivity contribution in [2.75, 3.05) is 0 Å². The number of nitrogens with one attached hydrogen (secondary N) is 1. The standard InChI is InChI=1S/C21H21N3O3/c1-13(15-11-22-24(12-15)16-7-4-3-5-8-16)23-21(26)19-14(2)27-18-10-6-9-17(25)20(18)19/h3-5,7-8,11-13H,6,9-10H2,1-2H3,(H,23,26). The lowest BCUT2D eigenvalue weighted by molar-refractivity contribution is 0.0918. The Morgan fingerprint density at radius 3 is 2.81 bits per heavy atom. The first-order valence-corrected chi connectivity index (χ1v) is 9.11. The Hall–Kier alpha value is -3.15. The van der Waals surface area contributed by atoms with Crippen molar-refractivity contribution in [1.82, 2.24) is 15.1 Å². The van der Waals surface area contributed by atoms with E-state index in [2.05, 4.69) is 10.4 Å². The number of amides is 1. The highest BCUT2D eigenvalue weighted by molar-refractivity contribution is 6.10. The molecule has 0 saturated carbocycles. The van der Waals surface area contributed by atoms with Gasteiger partial charge in [-0.15, -0.1) is 0 Å². The van der Waals surface area contributed by atoms with Crippen LogP contribution in [0.4, 0.5) is 0 Å². The van der Waals surface area contributed by atoms with E-state index in [9.17, 15) is 9.59 Å². The van der Waals surface area contributed by atoms with Crippen molar-refractivity contribution in [3.8, 4) is 5.69 Å². The van der Waals surface area contributed by atoms with Gasteiger partial charge in [-0.25, -0.2) is 4.68 Å². The number of furan rings is 1. The summed E-state index contributed by atoms with van der Waals surface area (Å²) in [6, 6.07) is 9.53. The number of hydrogen-bond donors (Lipinski definition) is 1. The van der Waals surface area contributed by atoms with Crippen LogP contribution in [0, 0.1) is 6.92 Å². The molecule has 1 atom stereocenters. The summed E-state index contributed by atoms with van der Waals surface area (Å²) in [5.74, 6) is 0.842. The molecular formula is C21H21N3O3. The fourth-order valence-electron chi connectivity index (χ4n) is 3.52. The fraction of sp³-hybridized carbons (Fsp3) is 0.286. The lowest BCUT2D eigenvalue weighted by Crippen LogP contribution is -2.28. The monoisotopic (exact) mass is 363 g/mol. The van der Waals surface area contributed by atoms with Crippen LogP contribution < -0.4 is 5.32 Å². The van der Waals surface area contributed by atoms with E-state index in [4.69, 9.17) is 4.42 Å². The lowest BCUT2D eigenvalue weighted by Gasteiger charge is -2.14. The Morgan fingerprint density at radius 1 is 1.26 bits per heavy atom. The van der Waals surface area contributed by atoms with E-state index in [1.807, 2.05) is 43.5 Å². The number of nitrogens with zero attached hydrogens (tertiary/aromatic N) is 2. The fourth-order valence-corrected chi connectivity index (χ4v) is 3.52. The van der Waals surface area contributed by atoms with Crippen molar-refractivity contribution in [2.24, 2.45) is 0 Å². The smallest absolute Gasteiger partial charge is 0.256 e. The third-order valence-electron chi connectivity index (χ3n) is 4.94. The molecule has 1 aliphatic rings. The minimum Gasteiger partial charge on any atom is -0.465 e. The molecule has 1 amide bonds. The number of ketones is 1. The highest BCUT2D eigenvalue weighted by atomic mass is 16.3. The van der Waals surface area contributed by atoms with Gasteiger partial charge in [-0.05, 0) is 32.4 Å². The molecule has 0 saturated heterocycles. The highest BCUT2D eigenvalue weighted by Crippen LogP contribution is 2.30. The van der Waals surface area contributed by atoms with E-state index in [0.29, 0.717) is 35.5 Å². The highest BCUT2D eigenvalue weighted by Gasteiger charge is 2.31. The molecule has 138 valence electrons. The van der Waals surface area contributed by atoms with E-state index in [1.54, 1.807) is 17.8 Å². The summed E-state index contributed by atoms with van der Waals surface area (Å²) in [4.78, 5) is 25.1. The van der Waals surface area contributed by atoms with Crippen molar-refractivity contribution in [3.63, 3.8) is 0 Å². The van der Waals surface area contributed by atoms with Gasteiger partial charge in [0, 0.05) is 24.6 Å². The number of para-hydroxylation sites is 1. The first-order chi connectivity index (χ1) is 13.0. The molecule has 6 nitrogen and oxygen atoms in total. The Kier molecular flexibility index (Phi) is 4.39. The number of Topliss-reactive ketones (excluding diaryl/α,β-unsaturated/α-hetero) is 1. The van der Waals surface area contributed by atoms with Gasteiger partial charge in [-0.2, -0.15) is 5.10 Å². The second-order valence-corrected chi connectivity index (χ2v) is 6.86. The molecular weight excluding hydrogens is 342 g/mol. The number of carbonyl (C=O) groups excluding carboxylic acids is 2. The molecule has 2 aromatic heterocycles. The average molecular weight is 363 g/mol. The molecule has 27 heavy (non-hydrogen) atoms. The van der Waals surface area contributed by atoms with Gasteiger partial charge >= 0.3 is 0 Å². The summed E-state index contributed by atoms with van der Waals surface area (Å²) in [6.45, 7) is 3.63. The first-order valence-electron chi connectivity index (χ1n) is 9.11. The first kappa shape index (κ1) is 17.3. The van der Waals surface area contributed by atoms with Crippen molar-refractivity contribution >= 4 is 11.7 Å². The Balaban J connectivity index is 1.55. The molecule has 0 fully saturated rings. The number of aryl methyl sites for hydroxylation is 2. The van der Waals surface area contributed by atoms with Crippen LogP contribution >= 0.6 is 0 Å². The van der Waals surface area contributed by atoms with Gasteiger partial charge in [-0.3, -0.25) is 9.59 Å². The van der Waals surface area contributed by atoms with Gasteiger partial charge in [0.25, 0.3) is 5.91 Å². The van der Waals surface area contributed by atoms with Crippen LogP contribution in [0.2, 0.25) is 0 Å². The molecule has 4 rings (SSSR count). The minimum atomic E-state index is -0.285. The zero-order valence-corrected chi connectivity index (χ0v) is 15.4. The third kappa shape index (κ3) is 3.18. The molecule has 3 aromatic rings. The SMILES string of the molecule is Cc1oc2c(c1C(=O)NC(C)c1cnn(-c3ccccc3)c1)C(=O)CCC2. The summed E-state index contributed by atoms with van der Waals surface area (Å²) in [6.07, 6.45) is 5.57. The lowest BCUT2D eigenvalue weighted by atomic mass is 9.93. The van der Waals surface area contributed by atoms with Gasteiger partial charge in [0.15, 0.2) is 5.78 Å². The second kappa shape index (κ2) is 6.87. The number of fused-ring (bicyclic) bond motifs is 1. The van der Waals surface area contributed by atoms with E-state index in [0.717, 1.165) is 17.7 Å². The summed E-state index contributed by atoms with van der Waals surface area (Å²) < 4.78 is 7.45. The van der Waals surface area contributed by atoms with Crippen LogP contribution in [0.15, 0.2) is 47.1 Å². The van der Waals surface area contributed by atoms with Crippen molar-refractivity contribution in [1.29, 1.82) is 0 Å². The molecule has 0 aliphatic heterocycles. The largest absolute Gasteiger partial charge is 0.465 e.